The van der Waals surface area contributed by atoms with Crippen molar-refractivity contribution in [3.8, 4) is 0 Å². The molecule has 0 aromatic carbocycles. The molecule has 1 aliphatic carbocycles. The van der Waals surface area contributed by atoms with Crippen LogP contribution in [0.3, 0.4) is 0 Å². The maximum Gasteiger partial charge on any atom is 0.340 e. The van der Waals surface area contributed by atoms with Gasteiger partial charge in [-0.15, -0.1) is 21.5 Å². The molecule has 0 bridgehead atoms. The fraction of sp³-hybridized carbons (Fsp3) is 0.571. The number of Topliss-reactive ketones (excluding diaryl/α,β-unsaturated/α-hetero) is 1. The molecule has 1 fully saturated rings. The Bertz CT molecular complexity index is 1080. The highest BCUT2D eigenvalue weighted by Gasteiger charge is 2.60. The fourth-order valence-electron chi connectivity index (χ4n) is 4.47. The molecule has 0 radical (unpaired) electrons. The normalized spacial score (nSPS) is 20.9. The van der Waals surface area contributed by atoms with Crippen LogP contribution in [0.4, 0.5) is 8.78 Å². The molecular weight excluding hydrogens is 442 g/mol. The number of halogens is 2. The molecule has 0 spiro atoms. The van der Waals surface area contributed by atoms with Gasteiger partial charge in [-0.2, -0.15) is 0 Å². The lowest BCUT2D eigenvalue weighted by Gasteiger charge is -2.45. The number of ether oxygens (including phenoxy) is 1. The zero-order chi connectivity index (χ0) is 23.5. The van der Waals surface area contributed by atoms with E-state index in [-0.39, 0.29) is 10.6 Å². The number of alkyl halides is 2. The van der Waals surface area contributed by atoms with Crippen LogP contribution in [0.15, 0.2) is 11.7 Å². The largest absolute Gasteiger partial charge is 0.456 e. The van der Waals surface area contributed by atoms with Crippen LogP contribution < -0.4 is 5.32 Å². The second-order valence-electron chi connectivity index (χ2n) is 9.46. The van der Waals surface area contributed by atoms with E-state index >= 15 is 0 Å². The molecule has 1 N–H and O–H groups in total. The lowest BCUT2D eigenvalue weighted by molar-refractivity contribution is -0.155. The van der Waals surface area contributed by atoms with Crippen molar-refractivity contribution in [3.63, 3.8) is 0 Å². The average Bonchev–Trinajstić information content (AvgIpc) is 3.33. The van der Waals surface area contributed by atoms with Gasteiger partial charge in [0.1, 0.15) is 21.7 Å². The summed E-state index contributed by atoms with van der Waals surface area (Å²) in [5, 5.41) is 10.3. The molecule has 2 aliphatic rings. The van der Waals surface area contributed by atoms with Crippen molar-refractivity contribution >= 4 is 29.0 Å². The van der Waals surface area contributed by atoms with Gasteiger partial charge < -0.3 is 14.6 Å². The first kappa shape index (κ1) is 22.5. The second-order valence-corrected chi connectivity index (χ2v) is 10.3. The highest BCUT2D eigenvalue weighted by Crippen LogP contribution is 2.52. The van der Waals surface area contributed by atoms with Gasteiger partial charge in [-0.1, -0.05) is 0 Å². The number of aryl methyl sites for hydroxylation is 2. The van der Waals surface area contributed by atoms with Crippen molar-refractivity contribution < 1.29 is 27.9 Å². The molecule has 3 heterocycles. The van der Waals surface area contributed by atoms with Crippen LogP contribution in [0, 0.1) is 6.92 Å². The topological polar surface area (TPSA) is 103 Å². The number of amides is 1. The molecule has 8 nitrogen and oxygen atoms in total. The summed E-state index contributed by atoms with van der Waals surface area (Å²) in [6.07, 6.45) is 0.809. The summed E-state index contributed by atoms with van der Waals surface area (Å²) in [6, 6.07) is 0. The number of carbonyl (C=O) groups is 3. The number of nitrogens with one attached hydrogen (secondary N) is 1. The summed E-state index contributed by atoms with van der Waals surface area (Å²) in [5.74, 6) is -6.12. The van der Waals surface area contributed by atoms with Gasteiger partial charge in [-0.25, -0.2) is 13.6 Å². The summed E-state index contributed by atoms with van der Waals surface area (Å²) in [4.78, 5) is 38.8. The smallest absolute Gasteiger partial charge is 0.340 e. The maximum atomic E-state index is 13.7. The third kappa shape index (κ3) is 3.94. The number of aromatic nitrogens is 3. The molecule has 32 heavy (non-hydrogen) atoms. The third-order valence-corrected chi connectivity index (χ3v) is 6.58. The molecule has 1 amide bonds. The minimum Gasteiger partial charge on any atom is -0.456 e. The first-order valence-electron chi connectivity index (χ1n) is 10.3. The summed E-state index contributed by atoms with van der Waals surface area (Å²) >= 11 is 1.05. The van der Waals surface area contributed by atoms with E-state index in [0.29, 0.717) is 24.2 Å². The van der Waals surface area contributed by atoms with E-state index in [1.807, 2.05) is 0 Å². The molecule has 1 unspecified atom stereocenters. The predicted octanol–water partition coefficient (Wildman–Crippen LogP) is 3.10. The Morgan fingerprint density at radius 2 is 1.97 bits per heavy atom. The van der Waals surface area contributed by atoms with E-state index in [1.165, 1.54) is 5.51 Å². The Morgan fingerprint density at radius 1 is 1.28 bits per heavy atom. The molecule has 1 atom stereocenters. The SMILES string of the molecule is Cc1cn2c(c1C(=O)OC(C)(C)C)C(C(=O)C(=O)NC1(c3nncs3)CC(F)(F)C1)CC2. The van der Waals surface area contributed by atoms with Gasteiger partial charge >= 0.3 is 5.97 Å². The summed E-state index contributed by atoms with van der Waals surface area (Å²) < 4.78 is 34.7. The van der Waals surface area contributed by atoms with E-state index in [9.17, 15) is 23.2 Å². The zero-order valence-electron chi connectivity index (χ0n) is 18.2. The van der Waals surface area contributed by atoms with Crippen LogP contribution >= 0.6 is 11.3 Å². The Labute approximate surface area is 187 Å². The molecule has 2 aromatic heterocycles. The first-order valence-corrected chi connectivity index (χ1v) is 11.1. The van der Waals surface area contributed by atoms with Crippen LogP contribution in [-0.4, -0.2) is 43.9 Å². The van der Waals surface area contributed by atoms with E-state index in [1.54, 1.807) is 38.5 Å². The number of rotatable bonds is 5. The fourth-order valence-corrected chi connectivity index (χ4v) is 5.18. The first-order chi connectivity index (χ1) is 14.8. The molecule has 1 saturated carbocycles. The number of esters is 1. The minimum absolute atomic E-state index is 0.240. The molecule has 1 aliphatic heterocycles. The zero-order valence-corrected chi connectivity index (χ0v) is 19.0. The molecule has 4 rings (SSSR count). The molecule has 2 aromatic rings. The van der Waals surface area contributed by atoms with Crippen LogP contribution in [0.1, 0.15) is 72.6 Å². The Kier molecular flexibility index (Phi) is 5.22. The van der Waals surface area contributed by atoms with Crippen LogP contribution in [0.25, 0.3) is 0 Å². The summed E-state index contributed by atoms with van der Waals surface area (Å²) in [5.41, 5.74) is 0.607. The van der Waals surface area contributed by atoms with Gasteiger partial charge in [0, 0.05) is 31.3 Å². The molecule has 11 heteroatoms. The van der Waals surface area contributed by atoms with Crippen molar-refractivity contribution in [2.45, 2.75) is 76.5 Å². The number of hydrogen-bond acceptors (Lipinski definition) is 7. The molecule has 172 valence electrons. The van der Waals surface area contributed by atoms with E-state index in [2.05, 4.69) is 15.5 Å². The van der Waals surface area contributed by atoms with E-state index in [0.717, 1.165) is 11.3 Å². The molecular formula is C21H24F2N4O4S. The lowest BCUT2D eigenvalue weighted by atomic mass is 9.73. The summed E-state index contributed by atoms with van der Waals surface area (Å²) in [6.45, 7) is 7.44. The van der Waals surface area contributed by atoms with E-state index in [4.69, 9.17) is 4.74 Å². The van der Waals surface area contributed by atoms with Gasteiger partial charge in [0.15, 0.2) is 0 Å². The van der Waals surface area contributed by atoms with Crippen LogP contribution in [0.5, 0.6) is 0 Å². The van der Waals surface area contributed by atoms with Crippen molar-refractivity contribution in [1.82, 2.24) is 20.1 Å². The Morgan fingerprint density at radius 3 is 2.53 bits per heavy atom. The van der Waals surface area contributed by atoms with Gasteiger partial charge in [0.2, 0.25) is 5.78 Å². The average molecular weight is 467 g/mol. The summed E-state index contributed by atoms with van der Waals surface area (Å²) in [7, 11) is 0. The highest BCUT2D eigenvalue weighted by molar-refractivity contribution is 7.09. The second kappa shape index (κ2) is 7.43. The van der Waals surface area contributed by atoms with Crippen LogP contribution in [-0.2, 0) is 26.4 Å². The number of fused-ring (bicyclic) bond motifs is 1. The third-order valence-electron chi connectivity index (χ3n) is 5.68. The quantitative estimate of drug-likeness (QED) is 0.537. The standard InChI is InChI=1S/C21H24F2N4O4S/c1-11-7-27-6-5-12(14(27)13(11)17(30)31-19(2,3)4)15(28)16(29)25-20(8-21(22,23)9-20)18-26-24-10-32-18/h7,10,12H,5-6,8-9H2,1-4H3,(H,25,29). The number of hydrogen-bond donors (Lipinski definition) is 1. The maximum absolute atomic E-state index is 13.7. The number of carbonyl (C=O) groups excluding carboxylic acids is 3. The van der Waals surface area contributed by atoms with Gasteiger partial charge in [-0.05, 0) is 39.7 Å². The molecule has 0 saturated heterocycles. The van der Waals surface area contributed by atoms with Crippen molar-refractivity contribution in [3.05, 3.63) is 33.5 Å². The van der Waals surface area contributed by atoms with Crippen LogP contribution in [0.2, 0.25) is 0 Å². The number of nitrogens with zero attached hydrogens (tertiary/aromatic N) is 3. The van der Waals surface area contributed by atoms with E-state index < -0.39 is 53.5 Å². The predicted molar refractivity (Wildman–Crippen MR) is 111 cm³/mol. The van der Waals surface area contributed by atoms with Gasteiger partial charge in [0.05, 0.1) is 11.5 Å². The van der Waals surface area contributed by atoms with Gasteiger partial charge in [-0.3, -0.25) is 9.59 Å². The van der Waals surface area contributed by atoms with Crippen molar-refractivity contribution in [1.29, 1.82) is 0 Å². The number of ketones is 1. The highest BCUT2D eigenvalue weighted by atomic mass is 32.1. The lowest BCUT2D eigenvalue weighted by Crippen LogP contribution is -2.61. The minimum atomic E-state index is -2.95. The van der Waals surface area contributed by atoms with Crippen molar-refractivity contribution in [2.75, 3.05) is 0 Å². The Hall–Kier alpha value is -2.69. The Balaban J connectivity index is 1.58. The monoisotopic (exact) mass is 466 g/mol. The van der Waals surface area contributed by atoms with Gasteiger partial charge in [0.25, 0.3) is 11.8 Å². The van der Waals surface area contributed by atoms with Crippen molar-refractivity contribution in [2.24, 2.45) is 0 Å².